The van der Waals surface area contributed by atoms with Crippen molar-refractivity contribution in [2.75, 3.05) is 37.8 Å². The third kappa shape index (κ3) is 2.69. The first-order valence-corrected chi connectivity index (χ1v) is 6.99. The lowest BCUT2D eigenvalue weighted by Crippen LogP contribution is -2.34. The standard InChI is InChI=1S/C14H21ClN4O/c1-8-6-19(7-12(8)18(2)3)13-10(14(17)20)4-9(16)5-11(13)15/h4-5,8,12H,6-7,16H2,1-3H3,(H2,17,20). The average Bonchev–Trinajstić information content (AvgIpc) is 2.69. The Morgan fingerprint density at radius 1 is 1.40 bits per heavy atom. The fourth-order valence-corrected chi connectivity index (χ4v) is 3.28. The number of nitrogens with zero attached hydrogens (tertiary/aromatic N) is 2. The zero-order valence-electron chi connectivity index (χ0n) is 12.1. The van der Waals surface area contributed by atoms with Crippen molar-refractivity contribution in [1.29, 1.82) is 0 Å². The molecular weight excluding hydrogens is 276 g/mol. The molecule has 0 radical (unpaired) electrons. The number of nitrogen functional groups attached to an aromatic ring is 1. The van der Waals surface area contributed by atoms with E-state index in [0.717, 1.165) is 13.1 Å². The van der Waals surface area contributed by atoms with Crippen LogP contribution in [0.15, 0.2) is 12.1 Å². The van der Waals surface area contributed by atoms with Crippen molar-refractivity contribution in [2.24, 2.45) is 11.7 Å². The number of anilines is 2. The molecule has 1 amide bonds. The maximum Gasteiger partial charge on any atom is 0.250 e. The largest absolute Gasteiger partial charge is 0.399 e. The van der Waals surface area contributed by atoms with Crippen LogP contribution in [0.3, 0.4) is 0 Å². The van der Waals surface area contributed by atoms with Crippen molar-refractivity contribution in [2.45, 2.75) is 13.0 Å². The van der Waals surface area contributed by atoms with Crippen molar-refractivity contribution < 1.29 is 4.79 Å². The Morgan fingerprint density at radius 2 is 2.05 bits per heavy atom. The van der Waals surface area contributed by atoms with Crippen LogP contribution in [0.2, 0.25) is 5.02 Å². The summed E-state index contributed by atoms with van der Waals surface area (Å²) in [6, 6.07) is 3.68. The Kier molecular flexibility index (Phi) is 4.11. The van der Waals surface area contributed by atoms with Crippen LogP contribution in [0.25, 0.3) is 0 Å². The van der Waals surface area contributed by atoms with Gasteiger partial charge in [0.2, 0.25) is 0 Å². The van der Waals surface area contributed by atoms with Gasteiger partial charge in [-0.2, -0.15) is 0 Å². The highest BCUT2D eigenvalue weighted by Crippen LogP contribution is 2.36. The van der Waals surface area contributed by atoms with Gasteiger partial charge in [0.25, 0.3) is 5.91 Å². The molecule has 5 nitrogen and oxygen atoms in total. The monoisotopic (exact) mass is 296 g/mol. The number of hydrogen-bond donors (Lipinski definition) is 2. The molecule has 1 aromatic carbocycles. The second-order valence-electron chi connectivity index (χ2n) is 5.68. The Morgan fingerprint density at radius 3 is 2.55 bits per heavy atom. The number of hydrogen-bond acceptors (Lipinski definition) is 4. The lowest BCUT2D eigenvalue weighted by molar-refractivity contribution is 0.100. The maximum absolute atomic E-state index is 11.7. The number of nitrogens with two attached hydrogens (primary N) is 2. The van der Waals surface area contributed by atoms with E-state index in [1.54, 1.807) is 12.1 Å². The van der Waals surface area contributed by atoms with Crippen molar-refractivity contribution in [1.82, 2.24) is 4.90 Å². The van der Waals surface area contributed by atoms with Gasteiger partial charge >= 0.3 is 0 Å². The molecule has 1 aliphatic heterocycles. The van der Waals surface area contributed by atoms with E-state index in [-0.39, 0.29) is 0 Å². The first-order valence-electron chi connectivity index (χ1n) is 6.61. The zero-order valence-corrected chi connectivity index (χ0v) is 12.8. The Labute approximate surface area is 124 Å². The Hall–Kier alpha value is -1.46. The van der Waals surface area contributed by atoms with Gasteiger partial charge in [0, 0.05) is 24.8 Å². The van der Waals surface area contributed by atoms with E-state index in [0.29, 0.717) is 33.9 Å². The Balaban J connectivity index is 2.41. The highest BCUT2D eigenvalue weighted by atomic mass is 35.5. The number of amides is 1. The van der Waals surface area contributed by atoms with Crippen LogP contribution in [0.4, 0.5) is 11.4 Å². The van der Waals surface area contributed by atoms with Gasteiger partial charge < -0.3 is 21.3 Å². The summed E-state index contributed by atoms with van der Waals surface area (Å²) in [6.07, 6.45) is 0. The normalized spacial score (nSPS) is 22.6. The van der Waals surface area contributed by atoms with E-state index in [1.165, 1.54) is 0 Å². The molecule has 0 aromatic heterocycles. The van der Waals surface area contributed by atoms with Gasteiger partial charge in [0.15, 0.2) is 0 Å². The summed E-state index contributed by atoms with van der Waals surface area (Å²) in [5.41, 5.74) is 12.7. The summed E-state index contributed by atoms with van der Waals surface area (Å²) < 4.78 is 0. The molecule has 110 valence electrons. The van der Waals surface area contributed by atoms with Crippen LogP contribution in [-0.2, 0) is 0 Å². The fourth-order valence-electron chi connectivity index (χ4n) is 2.93. The predicted octanol–water partition coefficient (Wildman–Crippen LogP) is 1.41. The number of halogens is 1. The molecule has 1 heterocycles. The summed E-state index contributed by atoms with van der Waals surface area (Å²) in [6.45, 7) is 3.85. The smallest absolute Gasteiger partial charge is 0.250 e. The summed E-state index contributed by atoms with van der Waals surface area (Å²) in [5.74, 6) is -0.0190. The molecule has 6 heteroatoms. The van der Waals surface area contributed by atoms with Crippen LogP contribution in [0.1, 0.15) is 17.3 Å². The number of benzene rings is 1. The number of likely N-dealkylation sites (N-methyl/N-ethyl adjacent to an activating group) is 1. The molecule has 1 fully saturated rings. The minimum Gasteiger partial charge on any atom is -0.399 e. The van der Waals surface area contributed by atoms with E-state index in [2.05, 4.69) is 30.8 Å². The Bertz CT molecular complexity index is 532. The third-order valence-electron chi connectivity index (χ3n) is 3.90. The van der Waals surface area contributed by atoms with Gasteiger partial charge in [-0.25, -0.2) is 0 Å². The molecule has 4 N–H and O–H groups in total. The van der Waals surface area contributed by atoms with Crippen molar-refractivity contribution in [3.63, 3.8) is 0 Å². The maximum atomic E-state index is 11.7. The van der Waals surface area contributed by atoms with E-state index in [1.807, 2.05) is 0 Å². The molecule has 1 aromatic rings. The van der Waals surface area contributed by atoms with E-state index in [4.69, 9.17) is 23.1 Å². The summed E-state index contributed by atoms with van der Waals surface area (Å²) in [5, 5.41) is 0.477. The van der Waals surface area contributed by atoms with Gasteiger partial charge in [0.1, 0.15) is 0 Å². The minimum absolute atomic E-state index is 0.390. The molecule has 0 bridgehead atoms. The first-order chi connectivity index (χ1) is 9.31. The van der Waals surface area contributed by atoms with Gasteiger partial charge in [-0.3, -0.25) is 4.79 Å². The highest BCUT2D eigenvalue weighted by molar-refractivity contribution is 6.34. The van der Waals surface area contributed by atoms with Gasteiger partial charge in [-0.15, -0.1) is 0 Å². The molecule has 0 saturated carbocycles. The number of carbonyl (C=O) groups excluding carboxylic acids is 1. The molecule has 0 spiro atoms. The third-order valence-corrected chi connectivity index (χ3v) is 4.19. The molecule has 0 aliphatic carbocycles. The zero-order chi connectivity index (χ0) is 15.0. The van der Waals surface area contributed by atoms with Crippen LogP contribution in [0.5, 0.6) is 0 Å². The van der Waals surface area contributed by atoms with E-state index < -0.39 is 5.91 Å². The van der Waals surface area contributed by atoms with Crippen LogP contribution >= 0.6 is 11.6 Å². The number of carbonyl (C=O) groups is 1. The SMILES string of the molecule is CC1CN(c2c(Cl)cc(N)cc2C(N)=O)CC1N(C)C. The minimum atomic E-state index is -0.504. The lowest BCUT2D eigenvalue weighted by Gasteiger charge is -2.24. The second kappa shape index (κ2) is 5.50. The molecular formula is C14H21ClN4O. The molecule has 2 unspecified atom stereocenters. The lowest BCUT2D eigenvalue weighted by atomic mass is 10.1. The van der Waals surface area contributed by atoms with Crippen LogP contribution < -0.4 is 16.4 Å². The summed E-state index contributed by atoms with van der Waals surface area (Å²) >= 11 is 6.29. The summed E-state index contributed by atoms with van der Waals surface area (Å²) in [4.78, 5) is 16.0. The first kappa shape index (κ1) is 14.9. The van der Waals surface area contributed by atoms with Crippen molar-refractivity contribution >= 4 is 28.9 Å². The topological polar surface area (TPSA) is 75.6 Å². The molecule has 1 aliphatic rings. The predicted molar refractivity (Wildman–Crippen MR) is 83.2 cm³/mol. The second-order valence-corrected chi connectivity index (χ2v) is 6.08. The number of primary amides is 1. The number of rotatable bonds is 3. The van der Waals surface area contributed by atoms with Crippen molar-refractivity contribution in [3.8, 4) is 0 Å². The fraction of sp³-hybridized carbons (Fsp3) is 0.500. The quantitative estimate of drug-likeness (QED) is 0.827. The van der Waals surface area contributed by atoms with Gasteiger partial charge in [-0.1, -0.05) is 18.5 Å². The molecule has 1 saturated heterocycles. The summed E-state index contributed by atoms with van der Waals surface area (Å²) in [7, 11) is 4.12. The molecule has 20 heavy (non-hydrogen) atoms. The van der Waals surface area contributed by atoms with Gasteiger partial charge in [-0.05, 0) is 32.1 Å². The van der Waals surface area contributed by atoms with E-state index in [9.17, 15) is 4.79 Å². The molecule has 2 atom stereocenters. The van der Waals surface area contributed by atoms with Crippen molar-refractivity contribution in [3.05, 3.63) is 22.7 Å². The van der Waals surface area contributed by atoms with Crippen LogP contribution in [-0.4, -0.2) is 44.0 Å². The van der Waals surface area contributed by atoms with Gasteiger partial charge in [0.05, 0.1) is 16.3 Å². The molecule has 2 rings (SSSR count). The van der Waals surface area contributed by atoms with E-state index >= 15 is 0 Å². The highest BCUT2D eigenvalue weighted by Gasteiger charge is 2.33. The van der Waals surface area contributed by atoms with Crippen LogP contribution in [0, 0.1) is 5.92 Å². The average molecular weight is 297 g/mol.